The maximum Gasteiger partial charge on any atom is 0.270 e. The number of benzene rings is 2. The standard InChI is InChI=1S/C19H21N3O5S/c23-17-5-3-15-13-20(10-7-14(15)11-17)18-6-4-16(22(24)25)12-19(18)28(26,27)21-8-1-2-9-21/h3-6,11-12,23H,1-2,7-10,13H2. The number of phenolic OH excluding ortho intramolecular Hbond substituents is 1. The van der Waals surface area contributed by atoms with Crippen LogP contribution in [0.15, 0.2) is 41.3 Å². The molecule has 8 nitrogen and oxygen atoms in total. The molecule has 1 fully saturated rings. The summed E-state index contributed by atoms with van der Waals surface area (Å²) in [5.41, 5.74) is 2.29. The Kier molecular flexibility index (Phi) is 4.72. The summed E-state index contributed by atoms with van der Waals surface area (Å²) in [4.78, 5) is 12.6. The number of hydrogen-bond acceptors (Lipinski definition) is 6. The lowest BCUT2D eigenvalue weighted by Crippen LogP contribution is -2.34. The van der Waals surface area contributed by atoms with E-state index in [1.807, 2.05) is 11.0 Å². The summed E-state index contributed by atoms with van der Waals surface area (Å²) in [5, 5.41) is 20.9. The number of aromatic hydroxyl groups is 1. The molecule has 0 aromatic heterocycles. The third kappa shape index (κ3) is 3.31. The van der Waals surface area contributed by atoms with Crippen molar-refractivity contribution in [3.05, 3.63) is 57.6 Å². The van der Waals surface area contributed by atoms with E-state index in [2.05, 4.69) is 0 Å². The molecule has 148 valence electrons. The lowest BCUT2D eigenvalue weighted by Gasteiger charge is -2.32. The van der Waals surface area contributed by atoms with E-state index in [0.29, 0.717) is 38.3 Å². The molecule has 2 aromatic rings. The van der Waals surface area contributed by atoms with Gasteiger partial charge in [-0.3, -0.25) is 10.1 Å². The summed E-state index contributed by atoms with van der Waals surface area (Å²) < 4.78 is 27.8. The van der Waals surface area contributed by atoms with Crippen LogP contribution in [0.4, 0.5) is 11.4 Å². The number of anilines is 1. The number of sulfonamides is 1. The number of nitro groups is 1. The normalized spacial score (nSPS) is 17.5. The van der Waals surface area contributed by atoms with Crippen LogP contribution in [0.2, 0.25) is 0 Å². The first-order valence-corrected chi connectivity index (χ1v) is 10.6. The lowest BCUT2D eigenvalue weighted by atomic mass is 9.99. The second-order valence-electron chi connectivity index (χ2n) is 7.14. The summed E-state index contributed by atoms with van der Waals surface area (Å²) in [7, 11) is -3.81. The van der Waals surface area contributed by atoms with Crippen molar-refractivity contribution in [2.75, 3.05) is 24.5 Å². The van der Waals surface area contributed by atoms with Gasteiger partial charge in [0.1, 0.15) is 10.6 Å². The molecule has 9 heteroatoms. The number of phenols is 1. The molecule has 0 spiro atoms. The first kappa shape index (κ1) is 18.7. The van der Waals surface area contributed by atoms with Gasteiger partial charge in [-0.2, -0.15) is 4.31 Å². The summed E-state index contributed by atoms with van der Waals surface area (Å²) in [6, 6.07) is 9.23. The van der Waals surface area contributed by atoms with Gasteiger partial charge >= 0.3 is 0 Å². The topological polar surface area (TPSA) is 104 Å². The highest BCUT2D eigenvalue weighted by Gasteiger charge is 2.33. The predicted octanol–water partition coefficient (Wildman–Crippen LogP) is 2.65. The van der Waals surface area contributed by atoms with Gasteiger partial charge in [-0.1, -0.05) is 6.07 Å². The van der Waals surface area contributed by atoms with Gasteiger partial charge in [0, 0.05) is 38.3 Å². The Morgan fingerprint density at radius 2 is 1.75 bits per heavy atom. The van der Waals surface area contributed by atoms with Crippen LogP contribution in [0.3, 0.4) is 0 Å². The summed E-state index contributed by atoms with van der Waals surface area (Å²) in [6.45, 7) is 1.92. The van der Waals surface area contributed by atoms with Crippen molar-refractivity contribution in [2.24, 2.45) is 0 Å². The second kappa shape index (κ2) is 7.06. The zero-order valence-corrected chi connectivity index (χ0v) is 16.1. The number of rotatable bonds is 4. The Balaban J connectivity index is 1.76. The van der Waals surface area contributed by atoms with Crippen LogP contribution in [0.5, 0.6) is 5.75 Å². The van der Waals surface area contributed by atoms with E-state index < -0.39 is 14.9 Å². The van der Waals surface area contributed by atoms with Crippen molar-refractivity contribution in [2.45, 2.75) is 30.7 Å². The molecule has 0 unspecified atom stereocenters. The number of hydrogen-bond donors (Lipinski definition) is 1. The fourth-order valence-corrected chi connectivity index (χ4v) is 5.65. The van der Waals surface area contributed by atoms with Gasteiger partial charge in [-0.15, -0.1) is 0 Å². The van der Waals surface area contributed by atoms with Gasteiger partial charge in [0.05, 0.1) is 10.6 Å². The maximum atomic E-state index is 13.2. The van der Waals surface area contributed by atoms with E-state index in [1.54, 1.807) is 12.1 Å². The van der Waals surface area contributed by atoms with E-state index in [-0.39, 0.29) is 16.3 Å². The Bertz CT molecular complexity index is 1030. The van der Waals surface area contributed by atoms with Crippen LogP contribution in [0.1, 0.15) is 24.0 Å². The minimum Gasteiger partial charge on any atom is -0.508 e. The van der Waals surface area contributed by atoms with Gasteiger partial charge in [-0.05, 0) is 48.6 Å². The molecule has 1 saturated heterocycles. The fourth-order valence-electron chi connectivity index (χ4n) is 3.90. The Hall–Kier alpha value is -2.65. The number of non-ortho nitro benzene ring substituents is 1. The molecule has 0 bridgehead atoms. The van der Waals surface area contributed by atoms with Crippen LogP contribution in [-0.4, -0.2) is 42.4 Å². The molecule has 0 aliphatic carbocycles. The van der Waals surface area contributed by atoms with Crippen molar-refractivity contribution >= 4 is 21.4 Å². The molecule has 2 heterocycles. The molecule has 2 aliphatic heterocycles. The average molecular weight is 403 g/mol. The molecular weight excluding hydrogens is 382 g/mol. The second-order valence-corrected chi connectivity index (χ2v) is 9.05. The Labute approximate surface area is 163 Å². The van der Waals surface area contributed by atoms with E-state index in [4.69, 9.17) is 0 Å². The van der Waals surface area contributed by atoms with Crippen LogP contribution in [0, 0.1) is 10.1 Å². The zero-order valence-electron chi connectivity index (χ0n) is 15.2. The fraction of sp³-hybridized carbons (Fsp3) is 0.368. The molecule has 0 radical (unpaired) electrons. The van der Waals surface area contributed by atoms with Crippen molar-refractivity contribution < 1.29 is 18.4 Å². The minimum atomic E-state index is -3.81. The molecule has 1 N–H and O–H groups in total. The third-order valence-corrected chi connectivity index (χ3v) is 7.31. The molecule has 0 amide bonds. The van der Waals surface area contributed by atoms with E-state index in [9.17, 15) is 23.6 Å². The monoisotopic (exact) mass is 403 g/mol. The highest BCUT2D eigenvalue weighted by atomic mass is 32.2. The number of nitro benzene ring substituents is 1. The van der Waals surface area contributed by atoms with Crippen LogP contribution < -0.4 is 4.90 Å². The van der Waals surface area contributed by atoms with E-state index >= 15 is 0 Å². The number of fused-ring (bicyclic) bond motifs is 1. The highest BCUT2D eigenvalue weighted by Crippen LogP contribution is 2.35. The lowest BCUT2D eigenvalue weighted by molar-refractivity contribution is -0.385. The van der Waals surface area contributed by atoms with Gasteiger partial charge < -0.3 is 10.0 Å². The van der Waals surface area contributed by atoms with Crippen molar-refractivity contribution in [1.82, 2.24) is 4.31 Å². The van der Waals surface area contributed by atoms with E-state index in [0.717, 1.165) is 24.0 Å². The zero-order chi connectivity index (χ0) is 19.9. The van der Waals surface area contributed by atoms with Gasteiger partial charge in [0.25, 0.3) is 5.69 Å². The number of nitrogens with zero attached hydrogens (tertiary/aromatic N) is 3. The van der Waals surface area contributed by atoms with Crippen molar-refractivity contribution in [3.63, 3.8) is 0 Å². The van der Waals surface area contributed by atoms with Gasteiger partial charge in [-0.25, -0.2) is 8.42 Å². The molecule has 2 aromatic carbocycles. The Morgan fingerprint density at radius 3 is 2.46 bits per heavy atom. The molecule has 28 heavy (non-hydrogen) atoms. The first-order valence-electron chi connectivity index (χ1n) is 9.20. The summed E-state index contributed by atoms with van der Waals surface area (Å²) in [6.07, 6.45) is 2.25. The van der Waals surface area contributed by atoms with Crippen LogP contribution in [0.25, 0.3) is 0 Å². The summed E-state index contributed by atoms with van der Waals surface area (Å²) in [5.74, 6) is 0.208. The SMILES string of the molecule is O=[N+]([O-])c1ccc(N2CCc3cc(O)ccc3C2)c(S(=O)(=O)N2CCCC2)c1. The van der Waals surface area contributed by atoms with Gasteiger partial charge in [0.2, 0.25) is 10.0 Å². The van der Waals surface area contributed by atoms with Gasteiger partial charge in [0.15, 0.2) is 0 Å². The Morgan fingerprint density at radius 1 is 1.00 bits per heavy atom. The quantitative estimate of drug-likeness (QED) is 0.622. The van der Waals surface area contributed by atoms with E-state index in [1.165, 1.54) is 22.5 Å². The molecule has 0 saturated carbocycles. The maximum absolute atomic E-state index is 13.2. The van der Waals surface area contributed by atoms with Crippen molar-refractivity contribution in [1.29, 1.82) is 0 Å². The molecule has 4 rings (SSSR count). The molecule has 0 atom stereocenters. The predicted molar refractivity (Wildman–Crippen MR) is 104 cm³/mol. The third-order valence-electron chi connectivity index (χ3n) is 5.38. The largest absolute Gasteiger partial charge is 0.508 e. The van der Waals surface area contributed by atoms with Crippen LogP contribution >= 0.6 is 0 Å². The minimum absolute atomic E-state index is 0.00849. The van der Waals surface area contributed by atoms with Crippen LogP contribution in [-0.2, 0) is 23.0 Å². The molecular formula is C19H21N3O5S. The first-order chi connectivity index (χ1) is 13.4. The highest BCUT2D eigenvalue weighted by molar-refractivity contribution is 7.89. The van der Waals surface area contributed by atoms with Crippen molar-refractivity contribution in [3.8, 4) is 5.75 Å². The average Bonchev–Trinajstić information content (AvgIpc) is 3.23. The summed E-state index contributed by atoms with van der Waals surface area (Å²) >= 11 is 0. The molecule has 2 aliphatic rings. The smallest absolute Gasteiger partial charge is 0.270 e.